The van der Waals surface area contributed by atoms with Crippen molar-refractivity contribution in [2.45, 2.75) is 40.7 Å². The summed E-state index contributed by atoms with van der Waals surface area (Å²) in [6.45, 7) is 10.2. The van der Waals surface area contributed by atoms with Gasteiger partial charge >= 0.3 is 0 Å². The molecular weight excluding hydrogens is 274 g/mol. The molecular formula is C18H27N3O. The maximum absolute atomic E-state index is 5.41. The molecule has 0 spiro atoms. The quantitative estimate of drug-likeness (QED) is 0.834. The molecule has 0 saturated heterocycles. The fourth-order valence-corrected chi connectivity index (χ4v) is 3.09. The second-order valence-corrected chi connectivity index (χ2v) is 5.96. The highest BCUT2D eigenvalue weighted by Crippen LogP contribution is 2.24. The van der Waals surface area contributed by atoms with Gasteiger partial charge < -0.3 is 10.1 Å². The Labute approximate surface area is 133 Å². The van der Waals surface area contributed by atoms with Gasteiger partial charge in [-0.2, -0.15) is 5.10 Å². The highest BCUT2D eigenvalue weighted by molar-refractivity contribution is 5.43. The Kier molecular flexibility index (Phi) is 5.24. The van der Waals surface area contributed by atoms with Gasteiger partial charge in [0.15, 0.2) is 0 Å². The monoisotopic (exact) mass is 301 g/mol. The van der Waals surface area contributed by atoms with Crippen LogP contribution in [0.3, 0.4) is 0 Å². The molecule has 1 heterocycles. The Morgan fingerprint density at radius 1 is 1.14 bits per heavy atom. The van der Waals surface area contributed by atoms with Crippen LogP contribution in [0.15, 0.2) is 12.1 Å². The van der Waals surface area contributed by atoms with Crippen LogP contribution < -0.4 is 10.1 Å². The molecule has 0 saturated carbocycles. The number of rotatable bonds is 6. The molecule has 0 aliphatic carbocycles. The number of benzene rings is 1. The first-order valence-corrected chi connectivity index (χ1v) is 7.78. The van der Waals surface area contributed by atoms with Gasteiger partial charge in [-0.3, -0.25) is 4.68 Å². The van der Waals surface area contributed by atoms with Crippen molar-refractivity contribution in [3.63, 3.8) is 0 Å². The van der Waals surface area contributed by atoms with Crippen molar-refractivity contribution in [3.05, 3.63) is 45.8 Å². The van der Waals surface area contributed by atoms with E-state index in [-0.39, 0.29) is 0 Å². The summed E-state index contributed by atoms with van der Waals surface area (Å²) in [5.74, 6) is 0.991. The minimum Gasteiger partial charge on any atom is -0.496 e. The van der Waals surface area contributed by atoms with Crippen LogP contribution in [-0.4, -0.2) is 23.4 Å². The van der Waals surface area contributed by atoms with Gasteiger partial charge in [-0.05, 0) is 62.9 Å². The smallest absolute Gasteiger partial charge is 0.124 e. The van der Waals surface area contributed by atoms with Crippen LogP contribution in [0.2, 0.25) is 0 Å². The van der Waals surface area contributed by atoms with E-state index in [4.69, 9.17) is 4.74 Å². The van der Waals surface area contributed by atoms with Crippen LogP contribution in [0.4, 0.5) is 0 Å². The third-order valence-corrected chi connectivity index (χ3v) is 4.26. The zero-order chi connectivity index (χ0) is 16.3. The van der Waals surface area contributed by atoms with Gasteiger partial charge in [0.1, 0.15) is 5.75 Å². The molecule has 4 heteroatoms. The molecule has 0 unspecified atom stereocenters. The van der Waals surface area contributed by atoms with E-state index in [2.05, 4.69) is 50.2 Å². The Bertz CT molecular complexity index is 636. The molecule has 1 aromatic heterocycles. The van der Waals surface area contributed by atoms with Crippen LogP contribution >= 0.6 is 0 Å². The number of aryl methyl sites for hydroxylation is 4. The first-order chi connectivity index (χ1) is 10.4. The molecule has 1 N–H and O–H groups in total. The summed E-state index contributed by atoms with van der Waals surface area (Å²) >= 11 is 0. The van der Waals surface area contributed by atoms with E-state index in [1.165, 1.54) is 27.9 Å². The summed E-state index contributed by atoms with van der Waals surface area (Å²) in [5, 5.41) is 7.99. The summed E-state index contributed by atoms with van der Waals surface area (Å²) in [4.78, 5) is 0. The van der Waals surface area contributed by atoms with E-state index in [1.54, 1.807) is 7.11 Å². The Morgan fingerprint density at radius 3 is 2.27 bits per heavy atom. The van der Waals surface area contributed by atoms with Gasteiger partial charge in [0.2, 0.25) is 0 Å². The van der Waals surface area contributed by atoms with Crippen LogP contribution in [-0.2, 0) is 20.0 Å². The lowest BCUT2D eigenvalue weighted by atomic mass is 10.1. The SMILES string of the molecule is COc1c(C)cc(CNCCc2c(C)nn(C)c2C)cc1C. The molecule has 0 bridgehead atoms. The Morgan fingerprint density at radius 2 is 1.77 bits per heavy atom. The number of methoxy groups -OCH3 is 1. The molecule has 2 aromatic rings. The van der Waals surface area contributed by atoms with Crippen molar-refractivity contribution in [2.24, 2.45) is 7.05 Å². The normalized spacial score (nSPS) is 11.0. The Balaban J connectivity index is 1.92. The van der Waals surface area contributed by atoms with Crippen molar-refractivity contribution in [1.82, 2.24) is 15.1 Å². The van der Waals surface area contributed by atoms with E-state index >= 15 is 0 Å². The minimum absolute atomic E-state index is 0.879. The summed E-state index contributed by atoms with van der Waals surface area (Å²) in [5.41, 5.74) is 7.44. The third kappa shape index (κ3) is 3.50. The highest BCUT2D eigenvalue weighted by atomic mass is 16.5. The first-order valence-electron chi connectivity index (χ1n) is 7.78. The zero-order valence-electron chi connectivity index (χ0n) is 14.6. The topological polar surface area (TPSA) is 39.1 Å². The molecule has 0 radical (unpaired) electrons. The van der Waals surface area contributed by atoms with E-state index in [9.17, 15) is 0 Å². The van der Waals surface area contributed by atoms with Gasteiger partial charge in [-0.15, -0.1) is 0 Å². The predicted molar refractivity (Wildman–Crippen MR) is 90.6 cm³/mol. The van der Waals surface area contributed by atoms with Crippen molar-refractivity contribution >= 4 is 0 Å². The van der Waals surface area contributed by atoms with Crippen molar-refractivity contribution < 1.29 is 4.74 Å². The van der Waals surface area contributed by atoms with Gasteiger partial charge in [0.05, 0.1) is 12.8 Å². The van der Waals surface area contributed by atoms with Gasteiger partial charge in [-0.1, -0.05) is 12.1 Å². The number of ether oxygens (including phenoxy) is 1. The maximum Gasteiger partial charge on any atom is 0.124 e. The fourth-order valence-electron chi connectivity index (χ4n) is 3.09. The number of aromatic nitrogens is 2. The third-order valence-electron chi connectivity index (χ3n) is 4.26. The molecule has 0 amide bonds. The molecule has 0 fully saturated rings. The minimum atomic E-state index is 0.879. The van der Waals surface area contributed by atoms with Crippen LogP contribution in [0.25, 0.3) is 0 Å². The lowest BCUT2D eigenvalue weighted by molar-refractivity contribution is 0.408. The predicted octanol–water partition coefficient (Wildman–Crippen LogP) is 2.99. The number of nitrogens with one attached hydrogen (secondary N) is 1. The molecule has 0 atom stereocenters. The van der Waals surface area contributed by atoms with E-state index in [0.717, 1.165) is 31.0 Å². The van der Waals surface area contributed by atoms with Crippen LogP contribution in [0, 0.1) is 27.7 Å². The average molecular weight is 301 g/mol. The molecule has 1 aromatic carbocycles. The average Bonchev–Trinajstić information content (AvgIpc) is 2.69. The van der Waals surface area contributed by atoms with Crippen molar-refractivity contribution in [3.8, 4) is 5.75 Å². The van der Waals surface area contributed by atoms with Crippen molar-refractivity contribution in [2.75, 3.05) is 13.7 Å². The molecule has 4 nitrogen and oxygen atoms in total. The fraction of sp³-hybridized carbons (Fsp3) is 0.500. The van der Waals surface area contributed by atoms with Crippen LogP contribution in [0.1, 0.15) is 33.6 Å². The largest absolute Gasteiger partial charge is 0.496 e. The molecule has 120 valence electrons. The second-order valence-electron chi connectivity index (χ2n) is 5.96. The second kappa shape index (κ2) is 6.97. The van der Waals surface area contributed by atoms with Crippen LogP contribution in [0.5, 0.6) is 5.75 Å². The summed E-state index contributed by atoms with van der Waals surface area (Å²) < 4.78 is 7.37. The number of hydrogen-bond acceptors (Lipinski definition) is 3. The highest BCUT2D eigenvalue weighted by Gasteiger charge is 2.09. The van der Waals surface area contributed by atoms with Gasteiger partial charge in [0.25, 0.3) is 0 Å². The van der Waals surface area contributed by atoms with Gasteiger partial charge in [0, 0.05) is 19.3 Å². The number of hydrogen-bond donors (Lipinski definition) is 1. The summed E-state index contributed by atoms with van der Waals surface area (Å²) in [6.07, 6.45) is 1.01. The zero-order valence-corrected chi connectivity index (χ0v) is 14.6. The number of nitrogens with zero attached hydrogens (tertiary/aromatic N) is 2. The lowest BCUT2D eigenvalue weighted by Gasteiger charge is -2.12. The lowest BCUT2D eigenvalue weighted by Crippen LogP contribution is -2.17. The first kappa shape index (κ1) is 16.6. The van der Waals surface area contributed by atoms with E-state index in [0.29, 0.717) is 0 Å². The molecule has 0 aliphatic heterocycles. The van der Waals surface area contributed by atoms with E-state index in [1.807, 2.05) is 11.7 Å². The molecule has 2 rings (SSSR count). The maximum atomic E-state index is 5.41. The summed E-state index contributed by atoms with van der Waals surface area (Å²) in [7, 11) is 3.73. The van der Waals surface area contributed by atoms with Crippen molar-refractivity contribution in [1.29, 1.82) is 0 Å². The van der Waals surface area contributed by atoms with E-state index < -0.39 is 0 Å². The summed E-state index contributed by atoms with van der Waals surface area (Å²) in [6, 6.07) is 4.39. The molecule has 22 heavy (non-hydrogen) atoms. The standard InChI is InChI=1S/C18H27N3O/c1-12-9-16(10-13(2)18(12)22-6)11-19-8-7-17-14(3)20-21(5)15(17)4/h9-10,19H,7-8,11H2,1-6H3. The molecule has 0 aliphatic rings. The van der Waals surface area contributed by atoms with Gasteiger partial charge in [-0.25, -0.2) is 0 Å². The Hall–Kier alpha value is -1.81.